The number of carbonyl (C=O) groups is 2. The number of rotatable bonds is 8. The van der Waals surface area contributed by atoms with Crippen LogP contribution in [0.3, 0.4) is 0 Å². The summed E-state index contributed by atoms with van der Waals surface area (Å²) < 4.78 is 5.41. The maximum absolute atomic E-state index is 13.2. The molecule has 0 aliphatic heterocycles. The van der Waals surface area contributed by atoms with E-state index in [4.69, 9.17) is 4.74 Å². The molecule has 4 heteroatoms. The van der Waals surface area contributed by atoms with Crippen molar-refractivity contribution >= 4 is 18.0 Å². The number of hydrogen-bond donors (Lipinski definition) is 1. The Morgan fingerprint density at radius 2 is 1.43 bits per heavy atom. The molecule has 0 bridgehead atoms. The molecule has 0 aliphatic carbocycles. The van der Waals surface area contributed by atoms with Gasteiger partial charge in [0.2, 0.25) is 0 Å². The molecule has 3 rings (SSSR count). The molecule has 30 heavy (non-hydrogen) atoms. The Balaban J connectivity index is 2.00. The Morgan fingerprint density at radius 1 is 0.867 bits per heavy atom. The van der Waals surface area contributed by atoms with Gasteiger partial charge in [0, 0.05) is 12.0 Å². The zero-order valence-electron chi connectivity index (χ0n) is 17.0. The fraction of sp³-hybridized carbons (Fsp3) is 0.154. The van der Waals surface area contributed by atoms with Crippen molar-refractivity contribution in [2.45, 2.75) is 18.9 Å². The fourth-order valence-corrected chi connectivity index (χ4v) is 3.26. The molecule has 0 aliphatic rings. The summed E-state index contributed by atoms with van der Waals surface area (Å²) in [6.07, 6.45) is 4.08. The molecule has 0 saturated carbocycles. The molecule has 152 valence electrons. The number of benzene rings is 3. The topological polar surface area (TPSA) is 55.4 Å². The number of nitrogens with one attached hydrogen (secondary N) is 1. The molecule has 0 aromatic heterocycles. The zero-order valence-corrected chi connectivity index (χ0v) is 17.0. The summed E-state index contributed by atoms with van der Waals surface area (Å²) in [6.45, 7) is 1.98. The number of carbonyl (C=O) groups excluding carboxylic acids is 2. The molecule has 1 N–H and O–H groups in total. The molecule has 0 saturated heterocycles. The first-order valence-corrected chi connectivity index (χ1v) is 9.97. The maximum Gasteiger partial charge on any atom is 0.336 e. The molecule has 0 heterocycles. The van der Waals surface area contributed by atoms with E-state index < -0.39 is 11.5 Å². The number of ether oxygens (including phenoxy) is 1. The lowest BCUT2D eigenvalue weighted by Crippen LogP contribution is -2.52. The first-order valence-electron chi connectivity index (χ1n) is 9.97. The second-order valence-corrected chi connectivity index (χ2v) is 6.83. The van der Waals surface area contributed by atoms with E-state index in [2.05, 4.69) is 5.32 Å². The van der Waals surface area contributed by atoms with Crippen molar-refractivity contribution in [2.24, 2.45) is 0 Å². The van der Waals surface area contributed by atoms with Crippen molar-refractivity contribution in [2.75, 3.05) is 6.61 Å². The quantitative estimate of drug-likeness (QED) is 0.544. The minimum atomic E-state index is -1.34. The molecule has 1 atom stereocenters. The van der Waals surface area contributed by atoms with E-state index in [-0.39, 0.29) is 18.9 Å². The molecule has 1 unspecified atom stereocenters. The highest BCUT2D eigenvalue weighted by atomic mass is 16.5. The van der Waals surface area contributed by atoms with E-state index >= 15 is 0 Å². The molecule has 1 amide bonds. The van der Waals surface area contributed by atoms with Gasteiger partial charge in [-0.05, 0) is 30.2 Å². The fourth-order valence-electron chi connectivity index (χ4n) is 3.26. The molecule has 3 aromatic rings. The van der Waals surface area contributed by atoms with Crippen LogP contribution in [0.25, 0.3) is 6.08 Å². The van der Waals surface area contributed by atoms with Crippen LogP contribution in [0.4, 0.5) is 0 Å². The van der Waals surface area contributed by atoms with Crippen LogP contribution in [0, 0.1) is 0 Å². The Morgan fingerprint density at radius 3 is 2.03 bits per heavy atom. The molecule has 3 aromatic carbocycles. The van der Waals surface area contributed by atoms with Crippen molar-refractivity contribution in [3.05, 3.63) is 114 Å². The van der Waals surface area contributed by atoms with Gasteiger partial charge in [0.15, 0.2) is 5.54 Å². The van der Waals surface area contributed by atoms with Crippen LogP contribution >= 0.6 is 0 Å². The third-order valence-electron chi connectivity index (χ3n) is 4.79. The van der Waals surface area contributed by atoms with Crippen LogP contribution in [0.2, 0.25) is 0 Å². The largest absolute Gasteiger partial charge is 0.464 e. The van der Waals surface area contributed by atoms with Crippen molar-refractivity contribution in [1.29, 1.82) is 0 Å². The summed E-state index contributed by atoms with van der Waals surface area (Å²) in [7, 11) is 0. The number of esters is 1. The van der Waals surface area contributed by atoms with Gasteiger partial charge in [-0.15, -0.1) is 0 Å². The SMILES string of the molecule is CCOC(=O)C(CC=Cc1ccccc1)(NC(=O)c1ccccc1)c1ccccc1. The summed E-state index contributed by atoms with van der Waals surface area (Å²) >= 11 is 0. The third kappa shape index (κ3) is 5.03. The smallest absolute Gasteiger partial charge is 0.336 e. The summed E-state index contributed by atoms with van der Waals surface area (Å²) in [5, 5.41) is 2.97. The second kappa shape index (κ2) is 10.2. The Labute approximate surface area is 177 Å². The first kappa shape index (κ1) is 21.1. The summed E-state index contributed by atoms with van der Waals surface area (Å²) in [4.78, 5) is 26.2. The zero-order chi connectivity index (χ0) is 21.2. The van der Waals surface area contributed by atoms with Gasteiger partial charge in [-0.25, -0.2) is 4.79 Å². The molecule has 0 radical (unpaired) electrons. The van der Waals surface area contributed by atoms with Gasteiger partial charge in [-0.1, -0.05) is 91.0 Å². The standard InChI is InChI=1S/C26H25NO3/c1-2-30-25(29)26(23-18-10-5-11-19-23,20-12-15-21-13-6-3-7-14-21)27-24(28)22-16-8-4-9-17-22/h3-19H,2,20H2,1H3,(H,27,28). The van der Waals surface area contributed by atoms with Crippen molar-refractivity contribution < 1.29 is 14.3 Å². The van der Waals surface area contributed by atoms with Crippen molar-refractivity contribution in [3.63, 3.8) is 0 Å². The van der Waals surface area contributed by atoms with Gasteiger partial charge in [-0.3, -0.25) is 4.79 Å². The summed E-state index contributed by atoms with van der Waals surface area (Å²) in [5.74, 6) is -0.821. The highest BCUT2D eigenvalue weighted by Gasteiger charge is 2.42. The number of amides is 1. The van der Waals surface area contributed by atoms with Gasteiger partial charge >= 0.3 is 5.97 Å². The Hall–Kier alpha value is -3.66. The van der Waals surface area contributed by atoms with Gasteiger partial charge in [-0.2, -0.15) is 0 Å². The third-order valence-corrected chi connectivity index (χ3v) is 4.79. The van der Waals surface area contributed by atoms with E-state index in [0.717, 1.165) is 5.56 Å². The molecule has 0 fully saturated rings. The Kier molecular flexibility index (Phi) is 7.17. The van der Waals surface area contributed by atoms with Crippen LogP contribution in [-0.2, 0) is 15.1 Å². The lowest BCUT2D eigenvalue weighted by molar-refractivity contribution is -0.151. The maximum atomic E-state index is 13.2. The Bertz CT molecular complexity index is 985. The van der Waals surface area contributed by atoms with Crippen LogP contribution in [0.5, 0.6) is 0 Å². The van der Waals surface area contributed by atoms with Gasteiger partial charge in [0.1, 0.15) is 0 Å². The number of hydrogen-bond acceptors (Lipinski definition) is 3. The van der Waals surface area contributed by atoms with Crippen molar-refractivity contribution in [1.82, 2.24) is 5.32 Å². The lowest BCUT2D eigenvalue weighted by Gasteiger charge is -2.32. The van der Waals surface area contributed by atoms with Gasteiger partial charge in [0.25, 0.3) is 5.91 Å². The predicted octanol–water partition coefficient (Wildman–Crippen LogP) is 4.98. The first-order chi connectivity index (χ1) is 14.7. The lowest BCUT2D eigenvalue weighted by atomic mass is 9.85. The average molecular weight is 399 g/mol. The van der Waals surface area contributed by atoms with E-state index in [1.807, 2.05) is 78.9 Å². The monoisotopic (exact) mass is 399 g/mol. The highest BCUT2D eigenvalue weighted by molar-refractivity contribution is 5.98. The highest BCUT2D eigenvalue weighted by Crippen LogP contribution is 2.29. The average Bonchev–Trinajstić information content (AvgIpc) is 2.80. The summed E-state index contributed by atoms with van der Waals surface area (Å²) in [5.41, 5.74) is 0.826. The minimum Gasteiger partial charge on any atom is -0.464 e. The van der Waals surface area contributed by atoms with E-state index in [0.29, 0.717) is 11.1 Å². The minimum absolute atomic E-state index is 0.219. The van der Waals surface area contributed by atoms with Crippen LogP contribution in [0.15, 0.2) is 97.1 Å². The molecule has 0 spiro atoms. The molecular weight excluding hydrogens is 374 g/mol. The van der Waals surface area contributed by atoms with Crippen LogP contribution in [-0.4, -0.2) is 18.5 Å². The van der Waals surface area contributed by atoms with E-state index in [9.17, 15) is 9.59 Å². The van der Waals surface area contributed by atoms with Gasteiger partial charge in [0.05, 0.1) is 6.61 Å². The van der Waals surface area contributed by atoms with E-state index in [1.165, 1.54) is 0 Å². The van der Waals surface area contributed by atoms with Crippen molar-refractivity contribution in [3.8, 4) is 0 Å². The van der Waals surface area contributed by atoms with Gasteiger partial charge < -0.3 is 10.1 Å². The van der Waals surface area contributed by atoms with Crippen LogP contribution < -0.4 is 5.32 Å². The van der Waals surface area contributed by atoms with E-state index in [1.54, 1.807) is 31.2 Å². The van der Waals surface area contributed by atoms with Crippen LogP contribution in [0.1, 0.15) is 34.8 Å². The second-order valence-electron chi connectivity index (χ2n) is 6.83. The normalized spacial score (nSPS) is 12.8. The predicted molar refractivity (Wildman–Crippen MR) is 119 cm³/mol. The molecular formula is C26H25NO3. The molecule has 4 nitrogen and oxygen atoms in total. The summed E-state index contributed by atoms with van der Waals surface area (Å²) in [6, 6.07) is 27.9.